The number of rotatable bonds is 3. The highest BCUT2D eigenvalue weighted by Gasteiger charge is 2.46. The molecule has 1 saturated carbocycles. The third-order valence-corrected chi connectivity index (χ3v) is 5.33. The third kappa shape index (κ3) is 2.10. The second-order valence-electron chi connectivity index (χ2n) is 5.36. The van der Waals surface area contributed by atoms with Gasteiger partial charge in [0, 0.05) is 10.1 Å². The van der Waals surface area contributed by atoms with Crippen LogP contribution in [0.15, 0.2) is 18.2 Å². The summed E-state index contributed by atoms with van der Waals surface area (Å²) in [5.74, 6) is -1.81. The number of fused-ring (bicyclic) bond motifs is 1. The van der Waals surface area contributed by atoms with Crippen molar-refractivity contribution in [1.29, 1.82) is 0 Å². The van der Waals surface area contributed by atoms with Gasteiger partial charge in [0.05, 0.1) is 4.88 Å². The van der Waals surface area contributed by atoms with Crippen LogP contribution in [0.2, 0.25) is 0 Å². The van der Waals surface area contributed by atoms with Gasteiger partial charge < -0.3 is 10.4 Å². The molecule has 3 rings (SSSR count). The van der Waals surface area contributed by atoms with Crippen molar-refractivity contribution in [2.45, 2.75) is 31.7 Å². The van der Waals surface area contributed by atoms with Crippen molar-refractivity contribution in [3.63, 3.8) is 0 Å². The molecule has 2 N–H and O–H groups in total. The largest absolute Gasteiger partial charge is 0.480 e. The summed E-state index contributed by atoms with van der Waals surface area (Å²) in [6.45, 7) is 1.69. The molecule has 6 heteroatoms. The Balaban J connectivity index is 1.97. The second kappa shape index (κ2) is 4.80. The second-order valence-corrected chi connectivity index (χ2v) is 6.42. The van der Waals surface area contributed by atoms with Crippen LogP contribution in [0, 0.1) is 12.7 Å². The predicted molar refractivity (Wildman–Crippen MR) is 78.2 cm³/mol. The third-order valence-electron chi connectivity index (χ3n) is 4.08. The molecule has 1 aromatic heterocycles. The first-order chi connectivity index (χ1) is 9.94. The number of carboxylic acids is 1. The van der Waals surface area contributed by atoms with E-state index in [1.165, 1.54) is 17.4 Å². The molecule has 0 aliphatic heterocycles. The lowest BCUT2D eigenvalue weighted by atomic mass is 9.76. The zero-order valence-electron chi connectivity index (χ0n) is 11.4. The van der Waals surface area contributed by atoms with Crippen LogP contribution in [0.25, 0.3) is 10.1 Å². The fourth-order valence-corrected chi connectivity index (χ4v) is 3.78. The molecule has 0 spiro atoms. The zero-order valence-corrected chi connectivity index (χ0v) is 12.2. The minimum atomic E-state index is -1.15. The molecule has 1 aromatic carbocycles. The Morgan fingerprint density at radius 2 is 2.10 bits per heavy atom. The number of carbonyl (C=O) groups is 2. The van der Waals surface area contributed by atoms with Gasteiger partial charge in [-0.3, -0.25) is 4.79 Å². The molecule has 4 nitrogen and oxygen atoms in total. The lowest BCUT2D eigenvalue weighted by Crippen LogP contribution is -2.59. The fourth-order valence-electron chi connectivity index (χ4n) is 2.67. The molecular formula is C15H14FNO3S. The summed E-state index contributed by atoms with van der Waals surface area (Å²) in [6.07, 6.45) is 1.66. The van der Waals surface area contributed by atoms with Gasteiger partial charge in [0.1, 0.15) is 11.4 Å². The van der Waals surface area contributed by atoms with Gasteiger partial charge >= 0.3 is 5.97 Å². The van der Waals surface area contributed by atoms with E-state index in [0.29, 0.717) is 33.4 Å². The maximum atomic E-state index is 13.8. The topological polar surface area (TPSA) is 66.4 Å². The summed E-state index contributed by atoms with van der Waals surface area (Å²) >= 11 is 1.19. The van der Waals surface area contributed by atoms with Crippen LogP contribution in [0.4, 0.5) is 4.39 Å². The lowest BCUT2D eigenvalue weighted by Gasteiger charge is -2.38. The summed E-state index contributed by atoms with van der Waals surface area (Å²) in [4.78, 5) is 24.1. The summed E-state index contributed by atoms with van der Waals surface area (Å²) in [7, 11) is 0. The molecule has 2 aromatic rings. The van der Waals surface area contributed by atoms with Gasteiger partial charge in [-0.05, 0) is 43.9 Å². The van der Waals surface area contributed by atoms with E-state index in [-0.39, 0.29) is 5.82 Å². The van der Waals surface area contributed by atoms with E-state index in [2.05, 4.69) is 5.32 Å². The van der Waals surface area contributed by atoms with E-state index in [1.54, 1.807) is 19.1 Å². The van der Waals surface area contributed by atoms with Crippen LogP contribution in [-0.2, 0) is 4.79 Å². The zero-order chi connectivity index (χ0) is 15.2. The SMILES string of the molecule is Cc1c(C(=O)NC2(C(=O)O)CCC2)sc2cccc(F)c12. The molecule has 0 radical (unpaired) electrons. The Morgan fingerprint density at radius 3 is 2.62 bits per heavy atom. The number of nitrogens with one attached hydrogen (secondary N) is 1. The monoisotopic (exact) mass is 307 g/mol. The highest BCUT2D eigenvalue weighted by molar-refractivity contribution is 7.21. The van der Waals surface area contributed by atoms with Crippen molar-refractivity contribution in [2.75, 3.05) is 0 Å². The molecule has 1 heterocycles. The standard InChI is InChI=1S/C15H14FNO3S/c1-8-11-9(16)4-2-5-10(11)21-12(8)13(18)17-15(14(19)20)6-3-7-15/h2,4-5H,3,6-7H2,1H3,(H,17,18)(H,19,20). The Kier molecular flexibility index (Phi) is 3.20. The predicted octanol–water partition coefficient (Wildman–Crippen LogP) is 3.09. The average molecular weight is 307 g/mol. The number of hydrogen-bond acceptors (Lipinski definition) is 3. The Morgan fingerprint density at radius 1 is 1.38 bits per heavy atom. The number of aliphatic carboxylic acids is 1. The quantitative estimate of drug-likeness (QED) is 0.915. The highest BCUT2D eigenvalue weighted by Crippen LogP contribution is 2.35. The van der Waals surface area contributed by atoms with Crippen LogP contribution in [0.1, 0.15) is 34.5 Å². The van der Waals surface area contributed by atoms with Crippen LogP contribution in [-0.4, -0.2) is 22.5 Å². The normalized spacial score (nSPS) is 16.5. The Hall–Kier alpha value is -1.95. The number of carboxylic acid groups (broad SMARTS) is 1. The molecule has 110 valence electrons. The van der Waals surface area contributed by atoms with E-state index in [9.17, 15) is 19.1 Å². The van der Waals surface area contributed by atoms with Crippen LogP contribution < -0.4 is 5.32 Å². The van der Waals surface area contributed by atoms with Crippen LogP contribution in [0.3, 0.4) is 0 Å². The van der Waals surface area contributed by atoms with Gasteiger partial charge in [-0.15, -0.1) is 11.3 Å². The van der Waals surface area contributed by atoms with Crippen molar-refractivity contribution in [2.24, 2.45) is 0 Å². The van der Waals surface area contributed by atoms with Crippen molar-refractivity contribution in [1.82, 2.24) is 5.32 Å². The highest BCUT2D eigenvalue weighted by atomic mass is 32.1. The molecule has 1 aliphatic rings. The molecule has 1 fully saturated rings. The summed E-state index contributed by atoms with van der Waals surface area (Å²) < 4.78 is 14.5. The Bertz CT molecular complexity index is 749. The Labute approximate surface area is 124 Å². The number of thiophene rings is 1. The van der Waals surface area contributed by atoms with E-state index >= 15 is 0 Å². The first-order valence-electron chi connectivity index (χ1n) is 6.68. The summed E-state index contributed by atoms with van der Waals surface area (Å²) in [5.41, 5.74) is -0.594. The fraction of sp³-hybridized carbons (Fsp3) is 0.333. The van der Waals surface area contributed by atoms with Gasteiger partial charge in [0.25, 0.3) is 5.91 Å². The average Bonchev–Trinajstić information content (AvgIpc) is 2.72. The van der Waals surface area contributed by atoms with E-state index < -0.39 is 17.4 Å². The van der Waals surface area contributed by atoms with E-state index in [4.69, 9.17) is 0 Å². The van der Waals surface area contributed by atoms with Crippen LogP contribution in [0.5, 0.6) is 0 Å². The van der Waals surface area contributed by atoms with Gasteiger partial charge in [-0.2, -0.15) is 0 Å². The maximum absolute atomic E-state index is 13.8. The molecular weight excluding hydrogens is 293 g/mol. The number of amides is 1. The number of aryl methyl sites for hydroxylation is 1. The molecule has 0 saturated heterocycles. The van der Waals surface area contributed by atoms with Crippen molar-refractivity contribution < 1.29 is 19.1 Å². The van der Waals surface area contributed by atoms with Crippen LogP contribution >= 0.6 is 11.3 Å². The van der Waals surface area contributed by atoms with Crippen molar-refractivity contribution in [3.8, 4) is 0 Å². The minimum Gasteiger partial charge on any atom is -0.480 e. The molecule has 0 atom stereocenters. The lowest BCUT2D eigenvalue weighted by molar-refractivity contribution is -0.148. The van der Waals surface area contributed by atoms with Gasteiger partial charge in [-0.25, -0.2) is 9.18 Å². The van der Waals surface area contributed by atoms with Crippen molar-refractivity contribution in [3.05, 3.63) is 34.5 Å². The van der Waals surface area contributed by atoms with E-state index in [0.717, 1.165) is 6.42 Å². The maximum Gasteiger partial charge on any atom is 0.329 e. The molecule has 0 bridgehead atoms. The van der Waals surface area contributed by atoms with E-state index in [1.807, 2.05) is 0 Å². The first-order valence-corrected chi connectivity index (χ1v) is 7.50. The van der Waals surface area contributed by atoms with Crippen molar-refractivity contribution >= 4 is 33.3 Å². The van der Waals surface area contributed by atoms with Gasteiger partial charge in [0.2, 0.25) is 0 Å². The number of halogens is 1. The number of carbonyl (C=O) groups excluding carboxylic acids is 1. The molecule has 21 heavy (non-hydrogen) atoms. The van der Waals surface area contributed by atoms with Gasteiger partial charge in [-0.1, -0.05) is 6.07 Å². The molecule has 1 aliphatic carbocycles. The molecule has 0 unspecified atom stereocenters. The molecule has 1 amide bonds. The number of hydrogen-bond donors (Lipinski definition) is 2. The smallest absolute Gasteiger partial charge is 0.329 e. The summed E-state index contributed by atoms with van der Waals surface area (Å²) in [5, 5.41) is 12.3. The summed E-state index contributed by atoms with van der Waals surface area (Å²) in [6, 6.07) is 4.71. The minimum absolute atomic E-state index is 0.364. The number of benzene rings is 1. The van der Waals surface area contributed by atoms with Gasteiger partial charge in [0.15, 0.2) is 0 Å². The first kappa shape index (κ1) is 14.0.